The van der Waals surface area contributed by atoms with E-state index in [1.807, 2.05) is 19.0 Å². The van der Waals surface area contributed by atoms with Gasteiger partial charge < -0.3 is 14.9 Å². The van der Waals surface area contributed by atoms with Crippen molar-refractivity contribution < 1.29 is 9.90 Å². The van der Waals surface area contributed by atoms with Crippen molar-refractivity contribution in [3.05, 3.63) is 33.8 Å². The zero-order chi connectivity index (χ0) is 14.9. The van der Waals surface area contributed by atoms with E-state index in [4.69, 9.17) is 23.2 Å². The maximum absolute atomic E-state index is 12.6. The summed E-state index contributed by atoms with van der Waals surface area (Å²) in [6.45, 7) is 1.04. The van der Waals surface area contributed by atoms with E-state index < -0.39 is 6.10 Å². The summed E-state index contributed by atoms with van der Waals surface area (Å²) in [5.74, 6) is -0.180. The highest BCUT2D eigenvalue weighted by Crippen LogP contribution is 2.29. The first kappa shape index (κ1) is 15.6. The van der Waals surface area contributed by atoms with Crippen molar-refractivity contribution in [1.82, 2.24) is 9.80 Å². The number of benzene rings is 1. The number of aliphatic hydroxyl groups is 1. The molecule has 1 aliphatic heterocycles. The minimum atomic E-state index is -0.484. The average Bonchev–Trinajstić information content (AvgIpc) is 2.72. The minimum absolute atomic E-state index is 0.0115. The Bertz CT molecular complexity index is 508. The van der Waals surface area contributed by atoms with Gasteiger partial charge in [0, 0.05) is 19.1 Å². The summed E-state index contributed by atoms with van der Waals surface area (Å²) in [6.07, 6.45) is 0.101. The quantitative estimate of drug-likeness (QED) is 0.929. The number of carbonyl (C=O) groups is 1. The Balaban J connectivity index is 2.24. The predicted molar refractivity (Wildman–Crippen MR) is 80.5 cm³/mol. The second-order valence-electron chi connectivity index (χ2n) is 5.36. The Morgan fingerprint density at radius 2 is 2.15 bits per heavy atom. The third-order valence-electron chi connectivity index (χ3n) is 3.41. The number of aliphatic hydroxyl groups excluding tert-OH is 1. The Hall–Kier alpha value is -0.810. The third kappa shape index (κ3) is 3.26. The maximum Gasteiger partial charge on any atom is 0.255 e. The van der Waals surface area contributed by atoms with Gasteiger partial charge in [0.15, 0.2) is 0 Å². The molecule has 1 saturated heterocycles. The largest absolute Gasteiger partial charge is 0.391 e. The van der Waals surface area contributed by atoms with Crippen molar-refractivity contribution in [3.8, 4) is 0 Å². The Morgan fingerprint density at radius 1 is 1.45 bits per heavy atom. The molecular weight excluding hydrogens is 299 g/mol. The Kier molecular flexibility index (Phi) is 4.91. The SMILES string of the molecule is CN(C)CC1CC(O)CN1C(=O)c1cccc(Cl)c1Cl. The van der Waals surface area contributed by atoms with Crippen molar-refractivity contribution in [1.29, 1.82) is 0 Å². The zero-order valence-corrected chi connectivity index (χ0v) is 13.0. The number of amides is 1. The number of β-amino-alcohol motifs (C(OH)–C–C–N with tert-alkyl or cyclic N) is 1. The fourth-order valence-electron chi connectivity index (χ4n) is 2.56. The van der Waals surface area contributed by atoms with Crippen molar-refractivity contribution in [2.24, 2.45) is 0 Å². The molecule has 4 nitrogen and oxygen atoms in total. The summed E-state index contributed by atoms with van der Waals surface area (Å²) < 4.78 is 0. The molecule has 110 valence electrons. The summed E-state index contributed by atoms with van der Waals surface area (Å²) in [6, 6.07) is 5.00. The molecule has 1 aromatic rings. The topological polar surface area (TPSA) is 43.8 Å². The molecule has 2 atom stereocenters. The Labute approximate surface area is 128 Å². The monoisotopic (exact) mass is 316 g/mol. The highest BCUT2D eigenvalue weighted by Gasteiger charge is 2.35. The van der Waals surface area contributed by atoms with Crippen LogP contribution in [0.1, 0.15) is 16.8 Å². The highest BCUT2D eigenvalue weighted by atomic mass is 35.5. The highest BCUT2D eigenvalue weighted by molar-refractivity contribution is 6.43. The molecule has 0 radical (unpaired) electrons. The second-order valence-corrected chi connectivity index (χ2v) is 6.15. The molecule has 0 aromatic heterocycles. The van der Waals surface area contributed by atoms with E-state index in [1.54, 1.807) is 23.1 Å². The van der Waals surface area contributed by atoms with E-state index >= 15 is 0 Å². The van der Waals surface area contributed by atoms with Crippen LogP contribution in [-0.4, -0.2) is 60.1 Å². The molecule has 2 rings (SSSR count). The number of nitrogens with zero attached hydrogens (tertiary/aromatic N) is 2. The summed E-state index contributed by atoms with van der Waals surface area (Å²) in [5, 5.41) is 10.5. The number of rotatable bonds is 3. The minimum Gasteiger partial charge on any atom is -0.391 e. The van der Waals surface area contributed by atoms with Crippen LogP contribution in [0.2, 0.25) is 10.0 Å². The molecule has 0 saturated carbocycles. The van der Waals surface area contributed by atoms with E-state index in [2.05, 4.69) is 0 Å². The molecule has 1 N–H and O–H groups in total. The number of halogens is 2. The van der Waals surface area contributed by atoms with Crippen LogP contribution in [0.5, 0.6) is 0 Å². The third-order valence-corrected chi connectivity index (χ3v) is 4.23. The number of hydrogen-bond acceptors (Lipinski definition) is 3. The zero-order valence-electron chi connectivity index (χ0n) is 11.5. The first-order chi connectivity index (χ1) is 9.40. The van der Waals surface area contributed by atoms with Crippen molar-refractivity contribution in [3.63, 3.8) is 0 Å². The van der Waals surface area contributed by atoms with E-state index in [9.17, 15) is 9.90 Å². The lowest BCUT2D eigenvalue weighted by atomic mass is 10.1. The molecule has 0 spiro atoms. The lowest BCUT2D eigenvalue weighted by molar-refractivity contribution is 0.0699. The molecule has 1 aromatic carbocycles. The summed E-state index contributed by atoms with van der Waals surface area (Å²) in [5.41, 5.74) is 0.386. The van der Waals surface area contributed by atoms with Crippen LogP contribution in [0.4, 0.5) is 0 Å². The summed E-state index contributed by atoms with van der Waals surface area (Å²) in [7, 11) is 3.89. The molecule has 1 amide bonds. The van der Waals surface area contributed by atoms with Gasteiger partial charge in [0.2, 0.25) is 0 Å². The van der Waals surface area contributed by atoms with Crippen molar-refractivity contribution in [2.75, 3.05) is 27.2 Å². The smallest absolute Gasteiger partial charge is 0.255 e. The van der Waals surface area contributed by atoms with Crippen LogP contribution in [0.15, 0.2) is 18.2 Å². The fourth-order valence-corrected chi connectivity index (χ4v) is 2.94. The molecule has 0 bridgehead atoms. The van der Waals surface area contributed by atoms with Crippen LogP contribution in [-0.2, 0) is 0 Å². The lowest BCUT2D eigenvalue weighted by Crippen LogP contribution is -2.41. The van der Waals surface area contributed by atoms with Crippen LogP contribution in [0, 0.1) is 0 Å². The fraction of sp³-hybridized carbons (Fsp3) is 0.500. The molecular formula is C14H18Cl2N2O2. The van der Waals surface area contributed by atoms with Gasteiger partial charge in [0.1, 0.15) is 0 Å². The normalized spacial score (nSPS) is 22.6. The summed E-state index contributed by atoms with van der Waals surface area (Å²) in [4.78, 5) is 16.3. The maximum atomic E-state index is 12.6. The molecule has 1 aliphatic rings. The molecule has 0 aliphatic carbocycles. The van der Waals surface area contributed by atoms with Gasteiger partial charge in [-0.05, 0) is 32.6 Å². The molecule has 2 unspecified atom stereocenters. The standard InChI is InChI=1S/C14H18Cl2N2O2/c1-17(2)7-9-6-10(19)8-18(9)14(20)11-4-3-5-12(15)13(11)16/h3-5,9-10,19H,6-8H2,1-2H3. The van der Waals surface area contributed by atoms with Gasteiger partial charge in [-0.1, -0.05) is 29.3 Å². The van der Waals surface area contributed by atoms with Gasteiger partial charge in [-0.3, -0.25) is 4.79 Å². The Morgan fingerprint density at radius 3 is 2.80 bits per heavy atom. The molecule has 1 heterocycles. The van der Waals surface area contributed by atoms with Crippen molar-refractivity contribution >= 4 is 29.1 Å². The van der Waals surface area contributed by atoms with Gasteiger partial charge in [-0.15, -0.1) is 0 Å². The van der Waals surface area contributed by atoms with Crippen LogP contribution in [0.25, 0.3) is 0 Å². The number of carbonyl (C=O) groups excluding carboxylic acids is 1. The lowest BCUT2D eigenvalue weighted by Gasteiger charge is -2.27. The number of likely N-dealkylation sites (N-methyl/N-ethyl adjacent to an activating group) is 1. The number of likely N-dealkylation sites (tertiary alicyclic amines) is 1. The van der Waals surface area contributed by atoms with Gasteiger partial charge in [0.05, 0.1) is 21.7 Å². The number of hydrogen-bond donors (Lipinski definition) is 1. The van der Waals surface area contributed by atoms with Crippen molar-refractivity contribution in [2.45, 2.75) is 18.6 Å². The first-order valence-corrected chi connectivity index (χ1v) is 7.23. The van der Waals surface area contributed by atoms with Crippen LogP contribution in [0.3, 0.4) is 0 Å². The van der Waals surface area contributed by atoms with Gasteiger partial charge in [-0.2, -0.15) is 0 Å². The summed E-state index contributed by atoms with van der Waals surface area (Å²) >= 11 is 12.1. The van der Waals surface area contributed by atoms with Crippen LogP contribution >= 0.6 is 23.2 Å². The molecule has 1 fully saturated rings. The van der Waals surface area contributed by atoms with Gasteiger partial charge >= 0.3 is 0 Å². The van der Waals surface area contributed by atoms with E-state index in [1.165, 1.54) is 0 Å². The molecule has 6 heteroatoms. The van der Waals surface area contributed by atoms with E-state index in [-0.39, 0.29) is 17.0 Å². The van der Waals surface area contributed by atoms with Gasteiger partial charge in [0.25, 0.3) is 5.91 Å². The van der Waals surface area contributed by atoms with Gasteiger partial charge in [-0.25, -0.2) is 0 Å². The van der Waals surface area contributed by atoms with E-state index in [0.29, 0.717) is 30.1 Å². The average molecular weight is 317 g/mol. The first-order valence-electron chi connectivity index (χ1n) is 6.48. The second kappa shape index (κ2) is 6.31. The van der Waals surface area contributed by atoms with E-state index in [0.717, 1.165) is 0 Å². The predicted octanol–water partition coefficient (Wildman–Crippen LogP) is 2.13. The molecule has 20 heavy (non-hydrogen) atoms. The van der Waals surface area contributed by atoms with Crippen LogP contribution < -0.4 is 0 Å².